The van der Waals surface area contributed by atoms with E-state index in [9.17, 15) is 9.59 Å². The molecule has 0 saturated heterocycles. The first-order chi connectivity index (χ1) is 18.4. The van der Waals surface area contributed by atoms with Gasteiger partial charge in [-0.15, -0.1) is 0 Å². The van der Waals surface area contributed by atoms with Gasteiger partial charge in [0, 0.05) is 11.1 Å². The molecule has 184 valence electrons. The minimum absolute atomic E-state index is 0.293. The molecule has 38 heavy (non-hydrogen) atoms. The fourth-order valence-electron chi connectivity index (χ4n) is 4.28. The Labute approximate surface area is 217 Å². The molecule has 6 nitrogen and oxygen atoms in total. The third kappa shape index (κ3) is 4.55. The summed E-state index contributed by atoms with van der Waals surface area (Å²) < 4.78 is 10.9. The summed E-state index contributed by atoms with van der Waals surface area (Å²) in [6, 6.07) is 26.4. The van der Waals surface area contributed by atoms with E-state index in [0.717, 1.165) is 33.4 Å². The molecule has 6 rings (SSSR count). The first kappa shape index (κ1) is 23.3. The molecule has 4 aromatic carbocycles. The van der Waals surface area contributed by atoms with E-state index < -0.39 is 11.3 Å². The second-order valence-electron chi connectivity index (χ2n) is 9.23. The van der Waals surface area contributed by atoms with Gasteiger partial charge in [-0.05, 0) is 73.5 Å². The predicted molar refractivity (Wildman–Crippen MR) is 150 cm³/mol. The summed E-state index contributed by atoms with van der Waals surface area (Å²) in [4.78, 5) is 33.8. The monoisotopic (exact) mass is 498 g/mol. The summed E-state index contributed by atoms with van der Waals surface area (Å²) in [6.07, 6.45) is 3.98. The van der Waals surface area contributed by atoms with E-state index in [4.69, 9.17) is 8.83 Å². The van der Waals surface area contributed by atoms with Crippen LogP contribution >= 0.6 is 0 Å². The molecule has 0 fully saturated rings. The van der Waals surface area contributed by atoms with E-state index in [0.29, 0.717) is 33.6 Å². The molecule has 0 radical (unpaired) electrons. The molecule has 0 bridgehead atoms. The zero-order valence-corrected chi connectivity index (χ0v) is 20.8. The van der Waals surface area contributed by atoms with Crippen LogP contribution in [0.5, 0.6) is 0 Å². The fraction of sp³-hybridized carbons (Fsp3) is 0.0625. The van der Waals surface area contributed by atoms with Crippen LogP contribution in [-0.4, -0.2) is 9.97 Å². The van der Waals surface area contributed by atoms with Gasteiger partial charge >= 0.3 is 11.3 Å². The van der Waals surface area contributed by atoms with Gasteiger partial charge in [0.05, 0.1) is 21.8 Å². The van der Waals surface area contributed by atoms with Crippen molar-refractivity contribution in [1.82, 2.24) is 9.97 Å². The maximum absolute atomic E-state index is 12.4. The number of hydrogen-bond acceptors (Lipinski definition) is 6. The van der Waals surface area contributed by atoms with Gasteiger partial charge in [-0.2, -0.15) is 0 Å². The number of fused-ring (bicyclic) bond motifs is 2. The fourth-order valence-corrected chi connectivity index (χ4v) is 4.28. The molecule has 2 heterocycles. The van der Waals surface area contributed by atoms with Gasteiger partial charge in [0.2, 0.25) is 11.8 Å². The van der Waals surface area contributed by atoms with E-state index in [1.807, 2.05) is 98.8 Å². The summed E-state index contributed by atoms with van der Waals surface area (Å²) in [5.74, 6) is 0.586. The van der Waals surface area contributed by atoms with Crippen molar-refractivity contribution in [1.29, 1.82) is 0 Å². The SMILES string of the molecule is Cc1ccc2nc(-c3ccc(/C=C/c4ccc(-c5nc6ccc(C)cc6c(=O)o5)cc4)cc3)oc(=O)c2c1. The lowest BCUT2D eigenvalue weighted by Gasteiger charge is -2.04. The van der Waals surface area contributed by atoms with Gasteiger partial charge in [0.15, 0.2) is 0 Å². The van der Waals surface area contributed by atoms with Gasteiger partial charge < -0.3 is 8.83 Å². The molecule has 0 atom stereocenters. The average Bonchev–Trinajstić information content (AvgIpc) is 2.93. The second kappa shape index (κ2) is 9.41. The van der Waals surface area contributed by atoms with E-state index in [1.54, 1.807) is 12.1 Å². The number of hydrogen-bond donors (Lipinski definition) is 0. The molecular formula is C32H22N2O4. The minimum atomic E-state index is -0.394. The van der Waals surface area contributed by atoms with E-state index in [2.05, 4.69) is 9.97 Å². The Morgan fingerprint density at radius 3 is 1.34 bits per heavy atom. The van der Waals surface area contributed by atoms with Crippen LogP contribution in [0.1, 0.15) is 22.3 Å². The Morgan fingerprint density at radius 1 is 0.553 bits per heavy atom. The highest BCUT2D eigenvalue weighted by Gasteiger charge is 2.10. The van der Waals surface area contributed by atoms with Gasteiger partial charge in [0.1, 0.15) is 0 Å². The van der Waals surface area contributed by atoms with Crippen LogP contribution in [0.2, 0.25) is 0 Å². The first-order valence-electron chi connectivity index (χ1n) is 12.1. The Kier molecular flexibility index (Phi) is 5.77. The average molecular weight is 499 g/mol. The third-order valence-electron chi connectivity index (χ3n) is 6.35. The highest BCUT2D eigenvalue weighted by Crippen LogP contribution is 2.22. The van der Waals surface area contributed by atoms with Crippen molar-refractivity contribution in [2.45, 2.75) is 13.8 Å². The lowest BCUT2D eigenvalue weighted by atomic mass is 10.1. The number of nitrogens with zero attached hydrogens (tertiary/aromatic N) is 2. The Hall–Kier alpha value is -5.10. The van der Waals surface area contributed by atoms with Gasteiger partial charge in [0.25, 0.3) is 0 Å². The summed E-state index contributed by atoms with van der Waals surface area (Å²) in [5.41, 5.74) is 5.82. The molecule has 0 aliphatic carbocycles. The number of rotatable bonds is 4. The maximum atomic E-state index is 12.4. The molecule has 0 amide bonds. The predicted octanol–water partition coefficient (Wildman–Crippen LogP) is 6.81. The van der Waals surface area contributed by atoms with Crippen LogP contribution in [0.3, 0.4) is 0 Å². The van der Waals surface area contributed by atoms with E-state index >= 15 is 0 Å². The van der Waals surface area contributed by atoms with Crippen LogP contribution in [0.4, 0.5) is 0 Å². The third-order valence-corrected chi connectivity index (χ3v) is 6.35. The van der Waals surface area contributed by atoms with Gasteiger partial charge in [-0.3, -0.25) is 0 Å². The molecule has 0 spiro atoms. The topological polar surface area (TPSA) is 86.2 Å². The molecule has 0 N–H and O–H groups in total. The molecule has 0 aliphatic heterocycles. The Morgan fingerprint density at radius 2 is 0.947 bits per heavy atom. The molecule has 0 saturated carbocycles. The highest BCUT2D eigenvalue weighted by atomic mass is 16.4. The molecule has 2 aromatic heterocycles. The van der Waals surface area contributed by atoms with Crippen molar-refractivity contribution in [3.63, 3.8) is 0 Å². The van der Waals surface area contributed by atoms with Gasteiger partial charge in [-0.1, -0.05) is 59.7 Å². The van der Waals surface area contributed by atoms with Crippen LogP contribution in [0, 0.1) is 13.8 Å². The number of aromatic nitrogens is 2. The van der Waals surface area contributed by atoms with Crippen molar-refractivity contribution >= 4 is 34.0 Å². The van der Waals surface area contributed by atoms with Crippen LogP contribution in [-0.2, 0) is 0 Å². The van der Waals surface area contributed by atoms with Crippen molar-refractivity contribution in [3.8, 4) is 22.9 Å². The largest absolute Gasteiger partial charge is 0.403 e. The summed E-state index contributed by atoms with van der Waals surface area (Å²) in [5, 5.41) is 0.959. The number of benzene rings is 4. The zero-order valence-electron chi connectivity index (χ0n) is 20.8. The van der Waals surface area contributed by atoms with Crippen molar-refractivity contribution < 1.29 is 8.83 Å². The number of aryl methyl sites for hydroxylation is 2. The second-order valence-corrected chi connectivity index (χ2v) is 9.23. The van der Waals surface area contributed by atoms with Crippen LogP contribution < -0.4 is 11.3 Å². The smallest absolute Gasteiger partial charge is 0.347 e. The van der Waals surface area contributed by atoms with Crippen LogP contribution in [0.15, 0.2) is 103 Å². The summed E-state index contributed by atoms with van der Waals surface area (Å²) in [7, 11) is 0. The van der Waals surface area contributed by atoms with E-state index in [1.165, 1.54) is 0 Å². The standard InChI is InChI=1S/C32H22N2O4/c1-19-3-15-27-25(17-19)31(35)37-29(33-27)23-11-7-21(8-12-23)5-6-22-9-13-24(14-10-22)30-34-28-16-4-20(2)18-26(28)32(36)38-30/h3-18H,1-2H3/b6-5+. The van der Waals surface area contributed by atoms with Gasteiger partial charge in [-0.25, -0.2) is 19.6 Å². The van der Waals surface area contributed by atoms with Crippen molar-refractivity contribution in [3.05, 3.63) is 128 Å². The normalized spacial score (nSPS) is 11.5. The maximum Gasteiger partial charge on any atom is 0.347 e. The molecule has 6 aromatic rings. The quantitative estimate of drug-likeness (QED) is 0.248. The summed E-state index contributed by atoms with van der Waals surface area (Å²) in [6.45, 7) is 3.85. The molecular weight excluding hydrogens is 476 g/mol. The van der Waals surface area contributed by atoms with Crippen molar-refractivity contribution in [2.75, 3.05) is 0 Å². The molecule has 6 heteroatoms. The summed E-state index contributed by atoms with van der Waals surface area (Å²) >= 11 is 0. The highest BCUT2D eigenvalue weighted by molar-refractivity contribution is 5.80. The van der Waals surface area contributed by atoms with Crippen LogP contribution in [0.25, 0.3) is 56.9 Å². The Balaban J connectivity index is 1.21. The van der Waals surface area contributed by atoms with E-state index in [-0.39, 0.29) is 0 Å². The lowest BCUT2D eigenvalue weighted by molar-refractivity contribution is 0.518. The zero-order chi connectivity index (χ0) is 26.2. The minimum Gasteiger partial charge on any atom is -0.403 e. The molecule has 0 aliphatic rings. The Bertz CT molecular complexity index is 1820. The lowest BCUT2D eigenvalue weighted by Crippen LogP contribution is -2.03. The van der Waals surface area contributed by atoms with Crippen molar-refractivity contribution in [2.24, 2.45) is 0 Å². The first-order valence-corrected chi connectivity index (χ1v) is 12.1. The molecule has 0 unspecified atom stereocenters.